The molecule has 1 aromatic carbocycles. The van der Waals surface area contributed by atoms with E-state index in [9.17, 15) is 13.6 Å². The van der Waals surface area contributed by atoms with Crippen LogP contribution in [-0.2, 0) is 0 Å². The molecule has 0 aliphatic heterocycles. The Balaban J connectivity index is 2.72. The van der Waals surface area contributed by atoms with Crippen molar-refractivity contribution in [3.05, 3.63) is 34.9 Å². The summed E-state index contributed by atoms with van der Waals surface area (Å²) in [7, 11) is 0. The van der Waals surface area contributed by atoms with Gasteiger partial charge in [-0.1, -0.05) is 28.7 Å². The number of alkyl halides is 1. The molecule has 0 saturated carbocycles. The Kier molecular flexibility index (Phi) is 5.80. The van der Waals surface area contributed by atoms with Crippen LogP contribution in [0.4, 0.5) is 8.78 Å². The van der Waals surface area contributed by atoms with Crippen LogP contribution in [-0.4, -0.2) is 16.9 Å². The van der Waals surface area contributed by atoms with Crippen molar-refractivity contribution in [2.24, 2.45) is 0 Å². The topological polar surface area (TPSA) is 29.1 Å². The number of benzene rings is 1. The molecule has 0 atom stereocenters. The van der Waals surface area contributed by atoms with Gasteiger partial charge in [0.2, 0.25) is 0 Å². The second kappa shape index (κ2) is 6.88. The first-order chi connectivity index (χ1) is 8.07. The number of rotatable bonds is 5. The molecule has 0 spiro atoms. The molecular weight excluding hydrogens is 339 g/mol. The molecule has 17 heavy (non-hydrogen) atoms. The summed E-state index contributed by atoms with van der Waals surface area (Å²) in [6, 6.07) is 2.43. The zero-order valence-corrected chi connectivity index (χ0v) is 11.7. The predicted molar refractivity (Wildman–Crippen MR) is 71.5 cm³/mol. The lowest BCUT2D eigenvalue weighted by molar-refractivity contribution is 0.0944. The van der Waals surface area contributed by atoms with Crippen LogP contribution in [0.15, 0.2) is 12.1 Å². The molecule has 0 aromatic heterocycles. The number of carbonyl (C=O) groups is 1. The molecule has 0 heterocycles. The summed E-state index contributed by atoms with van der Waals surface area (Å²) < 4.78 is 27.9. The SMILES string of the molecule is Cc1ccc(F)c(C(=O)NCCCCI)c1F. The second-order valence-electron chi connectivity index (χ2n) is 3.71. The Hall–Kier alpha value is -0.720. The van der Waals surface area contributed by atoms with Crippen LogP contribution >= 0.6 is 22.6 Å². The third-order valence-corrected chi connectivity index (χ3v) is 3.12. The highest BCUT2D eigenvalue weighted by molar-refractivity contribution is 14.1. The molecule has 1 aromatic rings. The maximum atomic E-state index is 13.6. The second-order valence-corrected chi connectivity index (χ2v) is 4.78. The molecule has 1 rings (SSSR count). The molecule has 2 nitrogen and oxygen atoms in total. The van der Waals surface area contributed by atoms with Crippen molar-refractivity contribution in [3.63, 3.8) is 0 Å². The summed E-state index contributed by atoms with van der Waals surface area (Å²) in [5.74, 6) is -2.28. The van der Waals surface area contributed by atoms with Gasteiger partial charge in [0.1, 0.15) is 17.2 Å². The first-order valence-corrected chi connectivity index (χ1v) is 6.89. The lowest BCUT2D eigenvalue weighted by Gasteiger charge is -2.08. The van der Waals surface area contributed by atoms with Gasteiger partial charge in [0.25, 0.3) is 5.91 Å². The normalized spacial score (nSPS) is 10.4. The van der Waals surface area contributed by atoms with Gasteiger partial charge < -0.3 is 5.32 Å². The number of aryl methyl sites for hydroxylation is 1. The molecule has 1 N–H and O–H groups in total. The van der Waals surface area contributed by atoms with Crippen LogP contribution < -0.4 is 5.32 Å². The first kappa shape index (κ1) is 14.3. The third kappa shape index (κ3) is 3.90. The summed E-state index contributed by atoms with van der Waals surface area (Å²) in [6.07, 6.45) is 1.78. The van der Waals surface area contributed by atoms with Crippen LogP contribution in [0.25, 0.3) is 0 Å². The minimum Gasteiger partial charge on any atom is -0.352 e. The van der Waals surface area contributed by atoms with E-state index in [0.29, 0.717) is 6.54 Å². The smallest absolute Gasteiger partial charge is 0.257 e. The Bertz CT molecular complexity index is 410. The molecule has 0 aliphatic carbocycles. The van der Waals surface area contributed by atoms with Gasteiger partial charge >= 0.3 is 0 Å². The molecule has 5 heteroatoms. The van der Waals surface area contributed by atoms with Crippen LogP contribution in [0.5, 0.6) is 0 Å². The van der Waals surface area contributed by atoms with Gasteiger partial charge in [0, 0.05) is 6.54 Å². The van der Waals surface area contributed by atoms with Crippen molar-refractivity contribution in [1.82, 2.24) is 5.32 Å². The average Bonchev–Trinajstić information content (AvgIpc) is 2.30. The molecule has 94 valence electrons. The van der Waals surface area contributed by atoms with Crippen LogP contribution in [0.3, 0.4) is 0 Å². The standard InChI is InChI=1S/C12H14F2INO/c1-8-4-5-9(13)10(11(8)14)12(17)16-7-3-2-6-15/h4-5H,2-3,6-7H2,1H3,(H,16,17). The highest BCUT2D eigenvalue weighted by Crippen LogP contribution is 2.16. The molecule has 0 aliphatic rings. The first-order valence-electron chi connectivity index (χ1n) is 5.36. The average molecular weight is 353 g/mol. The molecule has 0 fully saturated rings. The molecule has 0 saturated heterocycles. The number of carbonyl (C=O) groups excluding carboxylic acids is 1. The van der Waals surface area contributed by atoms with E-state index in [4.69, 9.17) is 0 Å². The van der Waals surface area contributed by atoms with Crippen LogP contribution in [0.2, 0.25) is 0 Å². The zero-order valence-electron chi connectivity index (χ0n) is 9.53. The lowest BCUT2D eigenvalue weighted by Crippen LogP contribution is -2.26. The van der Waals surface area contributed by atoms with E-state index < -0.39 is 23.1 Å². The fourth-order valence-corrected chi connectivity index (χ4v) is 1.91. The Morgan fingerprint density at radius 2 is 2.06 bits per heavy atom. The fraction of sp³-hybridized carbons (Fsp3) is 0.417. The quantitative estimate of drug-likeness (QED) is 0.492. The van der Waals surface area contributed by atoms with E-state index in [0.717, 1.165) is 23.3 Å². The maximum absolute atomic E-state index is 13.6. The summed E-state index contributed by atoms with van der Waals surface area (Å²) in [4.78, 5) is 11.6. The summed E-state index contributed by atoms with van der Waals surface area (Å²) in [5.41, 5.74) is -0.219. The summed E-state index contributed by atoms with van der Waals surface area (Å²) in [6.45, 7) is 1.94. The van der Waals surface area contributed by atoms with Gasteiger partial charge in [-0.2, -0.15) is 0 Å². The molecule has 0 unspecified atom stereocenters. The van der Waals surface area contributed by atoms with Gasteiger partial charge in [-0.15, -0.1) is 0 Å². The predicted octanol–water partition coefficient (Wildman–Crippen LogP) is 3.22. The van der Waals surface area contributed by atoms with Gasteiger partial charge in [-0.25, -0.2) is 8.78 Å². The summed E-state index contributed by atoms with van der Waals surface area (Å²) in [5, 5.41) is 2.52. The molecular formula is C12H14F2INO. The van der Waals surface area contributed by atoms with Crippen molar-refractivity contribution >= 4 is 28.5 Å². The van der Waals surface area contributed by atoms with Gasteiger partial charge in [0.05, 0.1) is 0 Å². The van der Waals surface area contributed by atoms with Crippen LogP contribution in [0.1, 0.15) is 28.8 Å². The zero-order chi connectivity index (χ0) is 12.8. The number of hydrogen-bond acceptors (Lipinski definition) is 1. The lowest BCUT2D eigenvalue weighted by atomic mass is 10.1. The summed E-state index contributed by atoms with van der Waals surface area (Å²) >= 11 is 2.24. The van der Waals surface area contributed by atoms with E-state index in [2.05, 4.69) is 27.9 Å². The van der Waals surface area contributed by atoms with Crippen LogP contribution in [0, 0.1) is 18.6 Å². The van der Waals surface area contributed by atoms with Crippen molar-refractivity contribution in [2.75, 3.05) is 11.0 Å². The van der Waals surface area contributed by atoms with Gasteiger partial charge in [-0.05, 0) is 35.8 Å². The van der Waals surface area contributed by atoms with Crippen molar-refractivity contribution in [1.29, 1.82) is 0 Å². The molecule has 0 bridgehead atoms. The Labute approximate surface area is 113 Å². The molecule has 0 radical (unpaired) electrons. The molecule has 1 amide bonds. The van der Waals surface area contributed by atoms with Crippen molar-refractivity contribution in [3.8, 4) is 0 Å². The van der Waals surface area contributed by atoms with Gasteiger partial charge in [-0.3, -0.25) is 4.79 Å². The maximum Gasteiger partial charge on any atom is 0.257 e. The van der Waals surface area contributed by atoms with Crippen molar-refractivity contribution in [2.45, 2.75) is 19.8 Å². The Morgan fingerprint density at radius 1 is 1.35 bits per heavy atom. The number of amides is 1. The van der Waals surface area contributed by atoms with E-state index in [-0.39, 0.29) is 5.56 Å². The van der Waals surface area contributed by atoms with E-state index >= 15 is 0 Å². The van der Waals surface area contributed by atoms with E-state index in [1.54, 1.807) is 0 Å². The minimum absolute atomic E-state index is 0.267. The largest absolute Gasteiger partial charge is 0.352 e. The number of hydrogen-bond donors (Lipinski definition) is 1. The number of unbranched alkanes of at least 4 members (excludes halogenated alkanes) is 1. The van der Waals surface area contributed by atoms with Crippen molar-refractivity contribution < 1.29 is 13.6 Å². The number of halogens is 3. The monoisotopic (exact) mass is 353 g/mol. The van der Waals surface area contributed by atoms with E-state index in [1.165, 1.54) is 13.0 Å². The van der Waals surface area contributed by atoms with E-state index in [1.807, 2.05) is 0 Å². The fourth-order valence-electron chi connectivity index (χ4n) is 1.37. The highest BCUT2D eigenvalue weighted by atomic mass is 127. The Morgan fingerprint density at radius 3 is 2.71 bits per heavy atom. The highest BCUT2D eigenvalue weighted by Gasteiger charge is 2.18. The van der Waals surface area contributed by atoms with Gasteiger partial charge in [0.15, 0.2) is 0 Å². The number of nitrogens with one attached hydrogen (secondary N) is 1. The third-order valence-electron chi connectivity index (χ3n) is 2.36. The minimum atomic E-state index is -0.820.